The average Bonchev–Trinajstić information content (AvgIpc) is 2.73. The van der Waals surface area contributed by atoms with Crippen molar-refractivity contribution in [3.63, 3.8) is 0 Å². The van der Waals surface area contributed by atoms with Gasteiger partial charge in [0.2, 0.25) is 17.7 Å². The van der Waals surface area contributed by atoms with Gasteiger partial charge in [-0.1, -0.05) is 36.8 Å². The highest BCUT2D eigenvalue weighted by Crippen LogP contribution is 2.33. The van der Waals surface area contributed by atoms with E-state index >= 15 is 0 Å². The largest absolute Gasteiger partial charge is 0.444 e. The standard InChI is InChI=1S/C27H44N4O5/c1-10-27(8,9)31(22(23(33)29-17(2)3)19-13-11-18(4)12-14-19)24(34)20(15-16-21(28)32)30-25(35)36-26(5,6)7/h11-14,17,20,22H,10,15-16H2,1-9H3,(H2,28,32)(H,29,33)(H,30,35). The topological polar surface area (TPSA) is 131 Å². The molecule has 4 N–H and O–H groups in total. The van der Waals surface area contributed by atoms with E-state index in [0.29, 0.717) is 12.0 Å². The van der Waals surface area contributed by atoms with Gasteiger partial charge < -0.3 is 26.0 Å². The summed E-state index contributed by atoms with van der Waals surface area (Å²) >= 11 is 0. The Hall–Kier alpha value is -3.10. The smallest absolute Gasteiger partial charge is 0.408 e. The summed E-state index contributed by atoms with van der Waals surface area (Å²) in [6.45, 7) is 16.4. The first-order valence-corrected chi connectivity index (χ1v) is 12.5. The van der Waals surface area contributed by atoms with Crippen molar-refractivity contribution < 1.29 is 23.9 Å². The summed E-state index contributed by atoms with van der Waals surface area (Å²) in [4.78, 5) is 53.4. The van der Waals surface area contributed by atoms with Crippen molar-refractivity contribution in [1.82, 2.24) is 15.5 Å². The van der Waals surface area contributed by atoms with E-state index in [-0.39, 0.29) is 24.8 Å². The molecule has 9 nitrogen and oxygen atoms in total. The van der Waals surface area contributed by atoms with Crippen molar-refractivity contribution >= 4 is 23.8 Å². The quantitative estimate of drug-likeness (QED) is 0.423. The fraction of sp³-hybridized carbons (Fsp3) is 0.630. The van der Waals surface area contributed by atoms with E-state index in [4.69, 9.17) is 10.5 Å². The van der Waals surface area contributed by atoms with E-state index in [1.54, 1.807) is 20.8 Å². The zero-order valence-electron chi connectivity index (χ0n) is 23.2. The number of carbonyl (C=O) groups is 4. The maximum Gasteiger partial charge on any atom is 0.408 e. The van der Waals surface area contributed by atoms with Crippen molar-refractivity contribution in [2.75, 3.05) is 0 Å². The molecule has 0 heterocycles. The number of amides is 4. The van der Waals surface area contributed by atoms with E-state index in [9.17, 15) is 19.2 Å². The Morgan fingerprint density at radius 2 is 1.56 bits per heavy atom. The summed E-state index contributed by atoms with van der Waals surface area (Å²) in [5.41, 5.74) is 5.45. The molecule has 0 spiro atoms. The monoisotopic (exact) mass is 504 g/mol. The third kappa shape index (κ3) is 9.51. The van der Waals surface area contributed by atoms with Crippen LogP contribution in [0.3, 0.4) is 0 Å². The number of aryl methyl sites for hydroxylation is 1. The predicted molar refractivity (Wildman–Crippen MR) is 140 cm³/mol. The number of primary amides is 1. The molecule has 0 bridgehead atoms. The van der Waals surface area contributed by atoms with Gasteiger partial charge in [-0.2, -0.15) is 0 Å². The lowest BCUT2D eigenvalue weighted by atomic mass is 9.91. The Balaban J connectivity index is 3.62. The molecule has 2 atom stereocenters. The van der Waals surface area contributed by atoms with Crippen molar-refractivity contribution in [3.05, 3.63) is 35.4 Å². The van der Waals surface area contributed by atoms with Gasteiger partial charge in [-0.15, -0.1) is 0 Å². The zero-order chi connectivity index (χ0) is 27.8. The van der Waals surface area contributed by atoms with Crippen molar-refractivity contribution in [1.29, 1.82) is 0 Å². The number of hydrogen-bond acceptors (Lipinski definition) is 5. The van der Waals surface area contributed by atoms with Gasteiger partial charge in [0.25, 0.3) is 0 Å². The normalized spacial score (nSPS) is 13.5. The number of nitrogens with one attached hydrogen (secondary N) is 2. The Kier molecular flexibility index (Phi) is 10.9. The number of carbonyl (C=O) groups excluding carboxylic acids is 4. The van der Waals surface area contributed by atoms with Crippen LogP contribution in [-0.4, -0.2) is 51.9 Å². The first-order chi connectivity index (χ1) is 16.5. The molecule has 1 aromatic rings. The van der Waals surface area contributed by atoms with Crippen LogP contribution in [0.1, 0.15) is 91.8 Å². The molecule has 0 fully saturated rings. The lowest BCUT2D eigenvalue weighted by Gasteiger charge is -2.44. The average molecular weight is 505 g/mol. The Morgan fingerprint density at radius 3 is 2.00 bits per heavy atom. The van der Waals surface area contributed by atoms with E-state index in [1.807, 2.05) is 65.8 Å². The second kappa shape index (κ2) is 12.7. The van der Waals surface area contributed by atoms with Gasteiger partial charge in [0.1, 0.15) is 17.7 Å². The molecule has 0 saturated carbocycles. The van der Waals surface area contributed by atoms with Crippen LogP contribution in [-0.2, 0) is 19.1 Å². The second-order valence-electron chi connectivity index (χ2n) is 11.1. The number of alkyl carbamates (subject to hydrolysis) is 1. The maximum absolute atomic E-state index is 14.2. The van der Waals surface area contributed by atoms with E-state index in [2.05, 4.69) is 10.6 Å². The molecule has 0 radical (unpaired) electrons. The molecule has 0 aliphatic heterocycles. The number of nitrogens with zero attached hydrogens (tertiary/aromatic N) is 1. The fourth-order valence-electron chi connectivity index (χ4n) is 3.64. The molecule has 1 rings (SSSR count). The molecule has 0 aliphatic carbocycles. The van der Waals surface area contributed by atoms with Gasteiger partial charge in [0, 0.05) is 18.0 Å². The van der Waals surface area contributed by atoms with Crippen molar-refractivity contribution in [2.45, 2.75) is 111 Å². The molecule has 36 heavy (non-hydrogen) atoms. The van der Waals surface area contributed by atoms with Crippen molar-refractivity contribution in [3.8, 4) is 0 Å². The van der Waals surface area contributed by atoms with E-state index in [1.165, 1.54) is 4.90 Å². The highest BCUT2D eigenvalue weighted by molar-refractivity contribution is 5.93. The molecule has 9 heteroatoms. The zero-order valence-corrected chi connectivity index (χ0v) is 23.2. The summed E-state index contributed by atoms with van der Waals surface area (Å²) in [7, 11) is 0. The fourth-order valence-corrected chi connectivity index (χ4v) is 3.64. The van der Waals surface area contributed by atoms with Gasteiger partial charge in [-0.3, -0.25) is 14.4 Å². The molecular weight excluding hydrogens is 460 g/mol. The molecular formula is C27H44N4O5. The van der Waals surface area contributed by atoms with Crippen LogP contribution in [0.2, 0.25) is 0 Å². The SMILES string of the molecule is CCC(C)(C)N(C(=O)C(CCC(N)=O)NC(=O)OC(C)(C)C)C(C(=O)NC(C)C)c1ccc(C)cc1. The minimum atomic E-state index is -1.13. The van der Waals surface area contributed by atoms with Crippen LogP contribution in [0.25, 0.3) is 0 Å². The summed E-state index contributed by atoms with van der Waals surface area (Å²) in [5.74, 6) is -1.44. The van der Waals surface area contributed by atoms with Gasteiger partial charge in [-0.05, 0) is 73.8 Å². The summed E-state index contributed by atoms with van der Waals surface area (Å²) < 4.78 is 5.36. The van der Waals surface area contributed by atoms with E-state index in [0.717, 1.165) is 5.56 Å². The summed E-state index contributed by atoms with van der Waals surface area (Å²) in [5, 5.41) is 5.54. The van der Waals surface area contributed by atoms with Gasteiger partial charge in [0.15, 0.2) is 0 Å². The van der Waals surface area contributed by atoms with Gasteiger partial charge in [0.05, 0.1) is 0 Å². The molecule has 1 aromatic carbocycles. The van der Waals surface area contributed by atoms with Crippen LogP contribution < -0.4 is 16.4 Å². The molecule has 2 unspecified atom stereocenters. The third-order valence-electron chi connectivity index (χ3n) is 5.75. The molecule has 0 aromatic heterocycles. The number of hydrogen-bond donors (Lipinski definition) is 3. The molecule has 0 saturated heterocycles. The highest BCUT2D eigenvalue weighted by Gasteiger charge is 2.43. The summed E-state index contributed by atoms with van der Waals surface area (Å²) in [6, 6.07) is 5.17. The Labute approximate surface area is 215 Å². The van der Waals surface area contributed by atoms with Crippen LogP contribution in [0, 0.1) is 6.92 Å². The van der Waals surface area contributed by atoms with Crippen LogP contribution >= 0.6 is 0 Å². The first kappa shape index (κ1) is 30.9. The second-order valence-corrected chi connectivity index (χ2v) is 11.1. The van der Waals surface area contributed by atoms with Crippen LogP contribution in [0.4, 0.5) is 4.79 Å². The first-order valence-electron chi connectivity index (χ1n) is 12.5. The maximum atomic E-state index is 14.2. The molecule has 202 valence electrons. The number of ether oxygens (including phenoxy) is 1. The highest BCUT2D eigenvalue weighted by atomic mass is 16.6. The van der Waals surface area contributed by atoms with Gasteiger partial charge in [-0.25, -0.2) is 4.79 Å². The van der Waals surface area contributed by atoms with E-state index < -0.39 is 41.1 Å². The molecule has 0 aliphatic rings. The van der Waals surface area contributed by atoms with Crippen LogP contribution in [0.5, 0.6) is 0 Å². The Bertz CT molecular complexity index is 919. The lowest BCUT2D eigenvalue weighted by Crippen LogP contribution is -2.59. The Morgan fingerprint density at radius 1 is 1.00 bits per heavy atom. The predicted octanol–water partition coefficient (Wildman–Crippen LogP) is 3.74. The van der Waals surface area contributed by atoms with Crippen molar-refractivity contribution in [2.24, 2.45) is 5.73 Å². The van der Waals surface area contributed by atoms with Gasteiger partial charge >= 0.3 is 6.09 Å². The summed E-state index contributed by atoms with van der Waals surface area (Å²) in [6.07, 6.45) is -0.417. The minimum Gasteiger partial charge on any atom is -0.444 e. The lowest BCUT2D eigenvalue weighted by molar-refractivity contribution is -0.149. The molecule has 4 amide bonds. The number of benzene rings is 1. The number of nitrogens with two attached hydrogens (primary N) is 1. The number of rotatable bonds is 11. The minimum absolute atomic E-state index is 0.0316. The third-order valence-corrected chi connectivity index (χ3v) is 5.75. The van der Waals surface area contributed by atoms with Crippen LogP contribution in [0.15, 0.2) is 24.3 Å².